The molecule has 3 N–H and O–H groups in total. The number of thioether (sulfide) groups is 1. The molecule has 0 saturated heterocycles. The molecule has 0 spiro atoms. The van der Waals surface area contributed by atoms with E-state index in [2.05, 4.69) is 42.0 Å². The lowest BCUT2D eigenvalue weighted by atomic mass is 10.1. The average molecular weight is 249 g/mol. The third kappa shape index (κ3) is 3.01. The van der Waals surface area contributed by atoms with Crippen molar-refractivity contribution in [3.63, 3.8) is 0 Å². The minimum atomic E-state index is 0.249. The third-order valence-corrected chi connectivity index (χ3v) is 3.95. The van der Waals surface area contributed by atoms with Crippen LogP contribution in [0.1, 0.15) is 25.8 Å². The van der Waals surface area contributed by atoms with Crippen LogP contribution >= 0.6 is 11.8 Å². The van der Waals surface area contributed by atoms with Crippen LogP contribution in [0.4, 0.5) is 0 Å². The van der Waals surface area contributed by atoms with Crippen molar-refractivity contribution >= 4 is 22.8 Å². The summed E-state index contributed by atoms with van der Waals surface area (Å²) >= 11 is 1.70. The zero-order chi connectivity index (χ0) is 12.3. The molecule has 1 aromatic carbocycles. The summed E-state index contributed by atoms with van der Waals surface area (Å²) < 4.78 is 0. The van der Waals surface area contributed by atoms with Crippen LogP contribution in [0.15, 0.2) is 23.4 Å². The number of aryl methyl sites for hydroxylation is 1. The smallest absolute Gasteiger partial charge is 0.166 e. The van der Waals surface area contributed by atoms with E-state index in [1.807, 2.05) is 0 Å². The van der Waals surface area contributed by atoms with Crippen LogP contribution in [0.2, 0.25) is 0 Å². The molecule has 1 heterocycles. The van der Waals surface area contributed by atoms with Crippen LogP contribution in [-0.2, 0) is 6.42 Å². The Morgan fingerprint density at radius 2 is 2.24 bits per heavy atom. The maximum atomic E-state index is 5.90. The fourth-order valence-electron chi connectivity index (χ4n) is 1.63. The quantitative estimate of drug-likeness (QED) is 0.801. The first-order chi connectivity index (χ1) is 8.22. The van der Waals surface area contributed by atoms with Gasteiger partial charge in [0.15, 0.2) is 5.16 Å². The van der Waals surface area contributed by atoms with Crippen LogP contribution in [0.3, 0.4) is 0 Å². The molecule has 1 atom stereocenters. The highest BCUT2D eigenvalue weighted by atomic mass is 32.2. The number of rotatable bonds is 5. The predicted octanol–water partition coefficient (Wildman–Crippen LogP) is 2.95. The molecule has 3 nitrogen and oxygen atoms in total. The van der Waals surface area contributed by atoms with Gasteiger partial charge in [0.25, 0.3) is 0 Å². The highest BCUT2D eigenvalue weighted by Crippen LogP contribution is 2.21. The lowest BCUT2D eigenvalue weighted by Gasteiger charge is -2.05. The highest BCUT2D eigenvalue weighted by Gasteiger charge is 2.06. The van der Waals surface area contributed by atoms with Crippen LogP contribution in [0.5, 0.6) is 0 Å². The largest absolute Gasteiger partial charge is 0.333 e. The van der Waals surface area contributed by atoms with Crippen molar-refractivity contribution in [2.75, 3.05) is 5.75 Å². The number of hydrogen-bond donors (Lipinski definition) is 2. The Balaban J connectivity index is 2.14. The van der Waals surface area contributed by atoms with Gasteiger partial charge < -0.3 is 10.7 Å². The van der Waals surface area contributed by atoms with Crippen molar-refractivity contribution < 1.29 is 0 Å². The molecule has 2 aromatic rings. The number of benzene rings is 1. The molecule has 0 aliphatic carbocycles. The second-order valence-corrected chi connectivity index (χ2v) is 5.24. The van der Waals surface area contributed by atoms with Gasteiger partial charge in [-0.05, 0) is 30.5 Å². The number of nitrogens with zero attached hydrogens (tertiary/aromatic N) is 1. The number of hydrogen-bond acceptors (Lipinski definition) is 3. The molecule has 17 heavy (non-hydrogen) atoms. The fourth-order valence-corrected chi connectivity index (χ4v) is 2.58. The average Bonchev–Trinajstić information content (AvgIpc) is 2.77. The van der Waals surface area contributed by atoms with Gasteiger partial charge in [0.2, 0.25) is 0 Å². The molecule has 0 radical (unpaired) electrons. The summed E-state index contributed by atoms with van der Waals surface area (Å²) in [6.45, 7) is 4.27. The molecule has 0 aliphatic rings. The minimum absolute atomic E-state index is 0.249. The standard InChI is InChI=1S/C13H19N3S/c1-3-9-5-6-11-12(7-9)16-13(15-11)17-8-10(14)4-2/h5-7,10H,3-4,8,14H2,1-2H3,(H,15,16). The number of aromatic nitrogens is 2. The first kappa shape index (κ1) is 12.5. The number of aromatic amines is 1. The fraction of sp³-hybridized carbons (Fsp3) is 0.462. The number of fused-ring (bicyclic) bond motifs is 1. The van der Waals surface area contributed by atoms with Gasteiger partial charge in [0.1, 0.15) is 0 Å². The third-order valence-electron chi connectivity index (χ3n) is 2.89. The van der Waals surface area contributed by atoms with E-state index < -0.39 is 0 Å². The zero-order valence-electron chi connectivity index (χ0n) is 10.4. The monoisotopic (exact) mass is 249 g/mol. The van der Waals surface area contributed by atoms with Crippen molar-refractivity contribution in [1.82, 2.24) is 9.97 Å². The van der Waals surface area contributed by atoms with Gasteiger partial charge in [0, 0.05) is 11.8 Å². The van der Waals surface area contributed by atoms with E-state index >= 15 is 0 Å². The molecule has 4 heteroatoms. The summed E-state index contributed by atoms with van der Waals surface area (Å²) in [5, 5.41) is 0.970. The second-order valence-electron chi connectivity index (χ2n) is 4.23. The van der Waals surface area contributed by atoms with Gasteiger partial charge in [-0.1, -0.05) is 31.7 Å². The SMILES string of the molecule is CCc1ccc2nc(SCC(N)CC)[nH]c2c1. The summed E-state index contributed by atoms with van der Waals surface area (Å²) in [6, 6.07) is 6.63. The maximum absolute atomic E-state index is 5.90. The molecule has 1 unspecified atom stereocenters. The van der Waals surface area contributed by atoms with Gasteiger partial charge in [-0.3, -0.25) is 0 Å². The Kier molecular flexibility index (Phi) is 4.07. The van der Waals surface area contributed by atoms with E-state index in [1.54, 1.807) is 11.8 Å². The molecular formula is C13H19N3S. The van der Waals surface area contributed by atoms with Gasteiger partial charge in [-0.15, -0.1) is 0 Å². The van der Waals surface area contributed by atoms with E-state index in [0.29, 0.717) is 0 Å². The second kappa shape index (κ2) is 5.56. The first-order valence-electron chi connectivity index (χ1n) is 6.10. The van der Waals surface area contributed by atoms with E-state index in [0.717, 1.165) is 34.8 Å². The molecule has 0 saturated carbocycles. The molecule has 0 aliphatic heterocycles. The molecule has 2 rings (SSSR count). The predicted molar refractivity (Wildman–Crippen MR) is 74.5 cm³/mol. The number of H-pyrrole nitrogens is 1. The van der Waals surface area contributed by atoms with Crippen LogP contribution in [-0.4, -0.2) is 21.8 Å². The lowest BCUT2D eigenvalue weighted by Crippen LogP contribution is -2.21. The Morgan fingerprint density at radius 1 is 1.41 bits per heavy atom. The Bertz CT molecular complexity index is 492. The Hall–Kier alpha value is -1.00. The van der Waals surface area contributed by atoms with Crippen LogP contribution < -0.4 is 5.73 Å². The number of imidazole rings is 1. The summed E-state index contributed by atoms with van der Waals surface area (Å²) in [5.74, 6) is 0.914. The summed E-state index contributed by atoms with van der Waals surface area (Å²) in [7, 11) is 0. The van der Waals surface area contributed by atoms with Crippen LogP contribution in [0.25, 0.3) is 11.0 Å². The van der Waals surface area contributed by atoms with E-state index in [-0.39, 0.29) is 6.04 Å². The summed E-state index contributed by atoms with van der Waals surface area (Å²) in [4.78, 5) is 7.89. The van der Waals surface area contributed by atoms with Crippen molar-refractivity contribution in [1.29, 1.82) is 0 Å². The molecule has 0 fully saturated rings. The molecule has 0 amide bonds. The number of nitrogens with two attached hydrogens (primary N) is 1. The molecule has 92 valence electrons. The number of nitrogens with one attached hydrogen (secondary N) is 1. The normalized spacial score (nSPS) is 13.1. The van der Waals surface area contributed by atoms with Gasteiger partial charge in [-0.25, -0.2) is 4.98 Å². The summed E-state index contributed by atoms with van der Waals surface area (Å²) in [5.41, 5.74) is 9.39. The molecule has 0 bridgehead atoms. The van der Waals surface area contributed by atoms with Crippen molar-refractivity contribution in [2.45, 2.75) is 37.9 Å². The van der Waals surface area contributed by atoms with Gasteiger partial charge in [0.05, 0.1) is 11.0 Å². The van der Waals surface area contributed by atoms with E-state index in [1.165, 1.54) is 5.56 Å². The van der Waals surface area contributed by atoms with Gasteiger partial charge in [-0.2, -0.15) is 0 Å². The molecular weight excluding hydrogens is 230 g/mol. The van der Waals surface area contributed by atoms with E-state index in [4.69, 9.17) is 5.73 Å². The Morgan fingerprint density at radius 3 is 2.94 bits per heavy atom. The first-order valence-corrected chi connectivity index (χ1v) is 7.08. The van der Waals surface area contributed by atoms with Crippen molar-refractivity contribution in [3.8, 4) is 0 Å². The molecule has 1 aromatic heterocycles. The van der Waals surface area contributed by atoms with Crippen LogP contribution in [0, 0.1) is 0 Å². The minimum Gasteiger partial charge on any atom is -0.333 e. The Labute approximate surface area is 106 Å². The topological polar surface area (TPSA) is 54.7 Å². The lowest BCUT2D eigenvalue weighted by molar-refractivity contribution is 0.724. The maximum Gasteiger partial charge on any atom is 0.166 e. The van der Waals surface area contributed by atoms with Crippen molar-refractivity contribution in [2.24, 2.45) is 5.73 Å². The summed E-state index contributed by atoms with van der Waals surface area (Å²) in [6.07, 6.45) is 2.06. The van der Waals surface area contributed by atoms with Crippen molar-refractivity contribution in [3.05, 3.63) is 23.8 Å². The zero-order valence-corrected chi connectivity index (χ0v) is 11.2. The highest BCUT2D eigenvalue weighted by molar-refractivity contribution is 7.99. The van der Waals surface area contributed by atoms with Gasteiger partial charge >= 0.3 is 0 Å². The van der Waals surface area contributed by atoms with E-state index in [9.17, 15) is 0 Å².